The second-order valence-electron chi connectivity index (χ2n) is 19.2. The number of rotatable bonds is 52. The van der Waals surface area contributed by atoms with Gasteiger partial charge < -0.3 is 14.2 Å². The van der Waals surface area contributed by atoms with Gasteiger partial charge in [-0.05, 0) is 44.9 Å². The molecule has 0 aromatic heterocycles. The molecule has 6 heteroatoms. The van der Waals surface area contributed by atoms with Crippen LogP contribution in [0.4, 0.5) is 0 Å². The number of carbonyl (C=O) groups excluding carboxylic acids is 3. The predicted octanol–water partition coefficient (Wildman–Crippen LogP) is 18.5. The Morgan fingerprint density at radius 3 is 0.794 bits per heavy atom. The molecule has 0 aromatic rings. The van der Waals surface area contributed by atoms with E-state index in [0.29, 0.717) is 19.3 Å². The van der Waals surface area contributed by atoms with Crippen molar-refractivity contribution < 1.29 is 28.6 Å². The van der Waals surface area contributed by atoms with Crippen LogP contribution in [0.1, 0.15) is 316 Å². The lowest BCUT2D eigenvalue weighted by Crippen LogP contribution is -2.30. The molecule has 0 spiro atoms. The van der Waals surface area contributed by atoms with E-state index in [1.807, 2.05) is 0 Å². The molecule has 0 bridgehead atoms. The first-order valence-electron chi connectivity index (χ1n) is 28.2. The van der Waals surface area contributed by atoms with Crippen molar-refractivity contribution in [1.29, 1.82) is 0 Å². The topological polar surface area (TPSA) is 78.9 Å². The van der Waals surface area contributed by atoms with E-state index in [0.717, 1.165) is 64.2 Å². The zero-order chi connectivity index (χ0) is 45.8. The first-order valence-corrected chi connectivity index (χ1v) is 28.2. The SMILES string of the molecule is CCCCCCCCC/C=C\CCCCCCCC(=O)OCC(COC(=O)CCCCCCCCCCCCCCC)OC(=O)CCCCCCCCCCCCCCCCCC. The van der Waals surface area contributed by atoms with Crippen molar-refractivity contribution in [2.45, 2.75) is 322 Å². The van der Waals surface area contributed by atoms with Crippen molar-refractivity contribution in [2.24, 2.45) is 0 Å². The fourth-order valence-electron chi connectivity index (χ4n) is 8.50. The van der Waals surface area contributed by atoms with Gasteiger partial charge in [0.05, 0.1) is 0 Å². The van der Waals surface area contributed by atoms with Crippen LogP contribution in [-0.2, 0) is 28.6 Å². The van der Waals surface area contributed by atoms with Gasteiger partial charge in [0.15, 0.2) is 6.10 Å². The Balaban J connectivity index is 4.32. The summed E-state index contributed by atoms with van der Waals surface area (Å²) in [6, 6.07) is 0. The van der Waals surface area contributed by atoms with Crippen molar-refractivity contribution in [1.82, 2.24) is 0 Å². The smallest absolute Gasteiger partial charge is 0.306 e. The normalized spacial score (nSPS) is 12.0. The van der Waals surface area contributed by atoms with Gasteiger partial charge in [-0.15, -0.1) is 0 Å². The Hall–Kier alpha value is -1.85. The van der Waals surface area contributed by atoms with Gasteiger partial charge in [0.2, 0.25) is 0 Å². The van der Waals surface area contributed by atoms with Gasteiger partial charge in [-0.3, -0.25) is 14.4 Å². The molecule has 1 unspecified atom stereocenters. The summed E-state index contributed by atoms with van der Waals surface area (Å²) in [7, 11) is 0. The minimum atomic E-state index is -0.767. The second-order valence-corrected chi connectivity index (χ2v) is 19.2. The van der Waals surface area contributed by atoms with Gasteiger partial charge in [0, 0.05) is 19.3 Å². The minimum absolute atomic E-state index is 0.0667. The highest BCUT2D eigenvalue weighted by Crippen LogP contribution is 2.17. The number of hydrogen-bond donors (Lipinski definition) is 0. The lowest BCUT2D eigenvalue weighted by atomic mass is 10.0. The summed E-state index contributed by atoms with van der Waals surface area (Å²) in [5.74, 6) is -0.853. The maximum Gasteiger partial charge on any atom is 0.306 e. The number of unbranched alkanes of at least 4 members (excludes halogenated alkanes) is 39. The van der Waals surface area contributed by atoms with Gasteiger partial charge in [-0.2, -0.15) is 0 Å². The van der Waals surface area contributed by atoms with E-state index in [2.05, 4.69) is 32.9 Å². The monoisotopic (exact) mass is 889 g/mol. The molecule has 0 fully saturated rings. The van der Waals surface area contributed by atoms with Crippen molar-refractivity contribution in [2.75, 3.05) is 13.2 Å². The number of allylic oxidation sites excluding steroid dienone is 2. The Bertz CT molecular complexity index is 978. The summed E-state index contributed by atoms with van der Waals surface area (Å²) in [5, 5.41) is 0. The molecule has 0 radical (unpaired) electrons. The van der Waals surface area contributed by atoms with E-state index in [-0.39, 0.29) is 31.1 Å². The summed E-state index contributed by atoms with van der Waals surface area (Å²) in [6.07, 6.45) is 59.1. The predicted molar refractivity (Wildman–Crippen MR) is 270 cm³/mol. The Kier molecular flexibility index (Phi) is 51.2. The summed E-state index contributed by atoms with van der Waals surface area (Å²) in [5.41, 5.74) is 0. The van der Waals surface area contributed by atoms with Gasteiger partial charge in [0.1, 0.15) is 13.2 Å². The fourth-order valence-corrected chi connectivity index (χ4v) is 8.50. The average Bonchev–Trinajstić information content (AvgIpc) is 3.28. The largest absolute Gasteiger partial charge is 0.462 e. The second kappa shape index (κ2) is 52.8. The molecule has 0 aliphatic carbocycles. The highest BCUT2D eigenvalue weighted by atomic mass is 16.6. The third-order valence-corrected chi connectivity index (χ3v) is 12.8. The third kappa shape index (κ3) is 51.0. The summed E-state index contributed by atoms with van der Waals surface area (Å²) < 4.78 is 16.9. The third-order valence-electron chi connectivity index (χ3n) is 12.8. The van der Waals surface area contributed by atoms with Crippen LogP contribution in [0.5, 0.6) is 0 Å². The summed E-state index contributed by atoms with van der Waals surface area (Å²) in [6.45, 7) is 6.68. The minimum Gasteiger partial charge on any atom is -0.462 e. The van der Waals surface area contributed by atoms with Crippen LogP contribution in [0.2, 0.25) is 0 Å². The van der Waals surface area contributed by atoms with Crippen molar-refractivity contribution in [3.8, 4) is 0 Å². The molecule has 0 heterocycles. The zero-order valence-corrected chi connectivity index (χ0v) is 42.6. The molecule has 0 N–H and O–H groups in total. The van der Waals surface area contributed by atoms with Crippen LogP contribution in [0.15, 0.2) is 12.2 Å². The molecular weight excluding hydrogens is 781 g/mol. The number of hydrogen-bond acceptors (Lipinski definition) is 6. The number of carbonyl (C=O) groups is 3. The standard InChI is InChI=1S/C57H108O6/c1-4-7-10-13-16-19-22-25-27-29-32-35-38-41-44-47-50-56(59)62-53-54(52-61-55(58)49-46-43-40-37-34-31-24-21-18-15-12-9-6-3)63-57(60)51-48-45-42-39-36-33-30-28-26-23-20-17-14-11-8-5-2/h27,29,54H,4-26,28,30-53H2,1-3H3/b29-27-. The lowest BCUT2D eigenvalue weighted by Gasteiger charge is -2.18. The average molecular weight is 889 g/mol. The molecule has 0 amide bonds. The molecule has 0 saturated carbocycles. The molecule has 372 valence electrons. The van der Waals surface area contributed by atoms with Crippen molar-refractivity contribution in [3.05, 3.63) is 12.2 Å². The molecule has 0 aromatic carbocycles. The number of ether oxygens (including phenoxy) is 3. The van der Waals surface area contributed by atoms with Crippen LogP contribution in [0.25, 0.3) is 0 Å². The van der Waals surface area contributed by atoms with E-state index in [1.165, 1.54) is 212 Å². The molecule has 6 nitrogen and oxygen atoms in total. The Morgan fingerprint density at radius 1 is 0.302 bits per heavy atom. The van der Waals surface area contributed by atoms with Crippen molar-refractivity contribution in [3.63, 3.8) is 0 Å². The first kappa shape index (κ1) is 61.1. The molecule has 0 saturated heterocycles. The van der Waals surface area contributed by atoms with Gasteiger partial charge in [-0.25, -0.2) is 0 Å². The highest BCUT2D eigenvalue weighted by molar-refractivity contribution is 5.71. The maximum absolute atomic E-state index is 12.8. The molecular formula is C57H108O6. The fraction of sp³-hybridized carbons (Fsp3) is 0.912. The van der Waals surface area contributed by atoms with E-state index in [4.69, 9.17) is 14.2 Å². The summed E-state index contributed by atoms with van der Waals surface area (Å²) >= 11 is 0. The maximum atomic E-state index is 12.8. The Labute approximate surface area is 392 Å². The highest BCUT2D eigenvalue weighted by Gasteiger charge is 2.19. The first-order chi connectivity index (χ1) is 31.0. The van der Waals surface area contributed by atoms with Gasteiger partial charge in [-0.1, -0.05) is 264 Å². The van der Waals surface area contributed by atoms with E-state index in [9.17, 15) is 14.4 Å². The molecule has 1 atom stereocenters. The van der Waals surface area contributed by atoms with E-state index >= 15 is 0 Å². The Morgan fingerprint density at radius 2 is 0.524 bits per heavy atom. The zero-order valence-electron chi connectivity index (χ0n) is 42.6. The van der Waals surface area contributed by atoms with Crippen LogP contribution in [0.3, 0.4) is 0 Å². The summed E-state index contributed by atoms with van der Waals surface area (Å²) in [4.78, 5) is 38.1. The quantitative estimate of drug-likeness (QED) is 0.0262. The molecule has 0 aliphatic rings. The van der Waals surface area contributed by atoms with E-state index in [1.54, 1.807) is 0 Å². The van der Waals surface area contributed by atoms with Gasteiger partial charge >= 0.3 is 17.9 Å². The van der Waals surface area contributed by atoms with Gasteiger partial charge in [0.25, 0.3) is 0 Å². The van der Waals surface area contributed by atoms with E-state index < -0.39 is 6.10 Å². The molecule has 63 heavy (non-hydrogen) atoms. The molecule has 0 aliphatic heterocycles. The van der Waals surface area contributed by atoms with Crippen molar-refractivity contribution >= 4 is 17.9 Å². The van der Waals surface area contributed by atoms with Crippen LogP contribution >= 0.6 is 0 Å². The van der Waals surface area contributed by atoms with Crippen LogP contribution < -0.4 is 0 Å². The lowest BCUT2D eigenvalue weighted by molar-refractivity contribution is -0.167. The number of esters is 3. The van der Waals surface area contributed by atoms with Crippen LogP contribution in [-0.4, -0.2) is 37.2 Å². The molecule has 0 rings (SSSR count). The van der Waals surface area contributed by atoms with Crippen LogP contribution in [0, 0.1) is 0 Å².